The number of piperidine rings is 1. The summed E-state index contributed by atoms with van der Waals surface area (Å²) >= 11 is 1.25. The van der Waals surface area contributed by atoms with Crippen LogP contribution in [0.25, 0.3) is 0 Å². The van der Waals surface area contributed by atoms with Crippen LogP contribution in [0.4, 0.5) is 0 Å². The highest BCUT2D eigenvalue weighted by atomic mass is 32.1. The second-order valence-corrected chi connectivity index (χ2v) is 15.3. The first kappa shape index (κ1) is 39.9. The highest BCUT2D eigenvalue weighted by molar-refractivity contribution is 7.09. The van der Waals surface area contributed by atoms with E-state index in [9.17, 15) is 19.5 Å². The van der Waals surface area contributed by atoms with E-state index < -0.39 is 30.1 Å². The maximum absolute atomic E-state index is 14.6. The van der Waals surface area contributed by atoms with Crippen LogP contribution >= 0.6 is 11.3 Å². The Balaban J connectivity index is 1.50. The van der Waals surface area contributed by atoms with Crippen molar-refractivity contribution in [2.45, 2.75) is 129 Å². The van der Waals surface area contributed by atoms with Crippen molar-refractivity contribution in [3.05, 3.63) is 52.0 Å². The van der Waals surface area contributed by atoms with Crippen molar-refractivity contribution in [1.29, 1.82) is 0 Å². The fraction of sp³-hybridized carbons (Fsp3) is 0.684. The average Bonchev–Trinajstić information content (AvgIpc) is 3.68. The summed E-state index contributed by atoms with van der Waals surface area (Å²) < 4.78 is 12.0. The molecule has 3 heterocycles. The standard InChI is InChI=1S/C38H59N5O6S/c1-8-18-43(38(47)33(25(5)9-2)41-36-34(49-36)30-17-13-14-19-42(30)7)31(24(3)4)21-32(48-26(6)45)37-40-29(23-50-37)35(46)39-28(22-44)20-27-15-11-10-12-16-27/h10-12,15-16,23-25,28,30-34,36,41,44H,8-9,13-14,17-22H2,1-7H3,(H,39,46)/t25-,28-,30?,31?,32?,33?,34?,36?/m0/s1. The molecule has 2 aromatic rings. The molecule has 8 atom stereocenters. The molecule has 0 aliphatic carbocycles. The summed E-state index contributed by atoms with van der Waals surface area (Å²) in [6, 6.07) is 8.85. The van der Waals surface area contributed by atoms with E-state index in [0.29, 0.717) is 30.4 Å². The number of carbonyl (C=O) groups is 3. The number of aliphatic hydroxyl groups excluding tert-OH is 1. The van der Waals surface area contributed by atoms with Crippen LogP contribution in [0.3, 0.4) is 0 Å². The number of nitrogens with one attached hydrogen (secondary N) is 2. The average molecular weight is 714 g/mol. The molecule has 0 radical (unpaired) electrons. The van der Waals surface area contributed by atoms with Crippen LogP contribution < -0.4 is 10.6 Å². The minimum atomic E-state index is -0.746. The summed E-state index contributed by atoms with van der Waals surface area (Å²) in [5.41, 5.74) is 1.19. The number of ether oxygens (including phenoxy) is 2. The Kier molecular flexibility index (Phi) is 15.2. The predicted molar refractivity (Wildman–Crippen MR) is 196 cm³/mol. The lowest BCUT2D eigenvalue weighted by Gasteiger charge is -2.39. The highest BCUT2D eigenvalue weighted by Gasteiger charge is 2.49. The summed E-state index contributed by atoms with van der Waals surface area (Å²) in [6.45, 7) is 13.2. The summed E-state index contributed by atoms with van der Waals surface area (Å²) in [6.07, 6.45) is 5.10. The molecule has 50 heavy (non-hydrogen) atoms. The van der Waals surface area contributed by atoms with E-state index in [-0.39, 0.29) is 48.4 Å². The number of hydrogen-bond donors (Lipinski definition) is 3. The third-order valence-electron chi connectivity index (χ3n) is 10.1. The van der Waals surface area contributed by atoms with Gasteiger partial charge in [0, 0.05) is 37.4 Å². The third kappa shape index (κ3) is 10.8. The van der Waals surface area contributed by atoms with Crippen LogP contribution in [0, 0.1) is 11.8 Å². The minimum Gasteiger partial charge on any atom is -0.455 e. The van der Waals surface area contributed by atoms with Crippen molar-refractivity contribution in [2.75, 3.05) is 26.7 Å². The zero-order valence-corrected chi connectivity index (χ0v) is 31.8. The van der Waals surface area contributed by atoms with Crippen LogP contribution in [0.15, 0.2) is 35.7 Å². The number of likely N-dealkylation sites (N-methyl/N-ethyl adjacent to an activating group) is 1. The van der Waals surface area contributed by atoms with Gasteiger partial charge in [0.15, 0.2) is 6.10 Å². The molecule has 2 saturated heterocycles. The predicted octanol–water partition coefficient (Wildman–Crippen LogP) is 4.95. The number of nitrogens with zero attached hydrogens (tertiary/aromatic N) is 3. The number of hydrogen-bond acceptors (Lipinski definition) is 10. The fourth-order valence-electron chi connectivity index (χ4n) is 7.05. The third-order valence-corrected chi connectivity index (χ3v) is 11.1. The molecule has 3 N–H and O–H groups in total. The first-order chi connectivity index (χ1) is 24.0. The highest BCUT2D eigenvalue weighted by Crippen LogP contribution is 2.34. The Hall–Kier alpha value is -2.90. The van der Waals surface area contributed by atoms with Gasteiger partial charge in [-0.1, -0.05) is 77.8 Å². The molecule has 1 aromatic carbocycles. The monoisotopic (exact) mass is 713 g/mol. The minimum absolute atomic E-state index is 0.0281. The van der Waals surface area contributed by atoms with Crippen LogP contribution in [-0.4, -0.2) is 101 Å². The molecular formula is C38H59N5O6S. The van der Waals surface area contributed by atoms with Gasteiger partial charge < -0.3 is 29.7 Å². The summed E-state index contributed by atoms with van der Waals surface area (Å²) in [7, 11) is 2.16. The van der Waals surface area contributed by atoms with Gasteiger partial charge in [0.1, 0.15) is 23.0 Å². The molecule has 2 aliphatic rings. The van der Waals surface area contributed by atoms with Crippen molar-refractivity contribution in [3.8, 4) is 0 Å². The Labute approximate surface area is 302 Å². The van der Waals surface area contributed by atoms with Gasteiger partial charge in [-0.2, -0.15) is 0 Å². The Morgan fingerprint density at radius 3 is 2.52 bits per heavy atom. The summed E-state index contributed by atoms with van der Waals surface area (Å²) in [5, 5.41) is 18.6. The van der Waals surface area contributed by atoms with E-state index in [2.05, 4.69) is 62.2 Å². The van der Waals surface area contributed by atoms with Crippen LogP contribution in [0.1, 0.15) is 107 Å². The molecule has 1 aromatic heterocycles. The SMILES string of the molecule is CCCN(C(=O)C(NC1OC1C1CCCCN1C)[C@@H](C)CC)C(CC(OC(C)=O)c1nc(C(=O)N[C@H](CO)Cc2ccccc2)cs1)C(C)C. The first-order valence-corrected chi connectivity index (χ1v) is 19.4. The van der Waals surface area contributed by atoms with E-state index in [1.165, 1.54) is 31.1 Å². The Bertz CT molecular complexity index is 1370. The number of benzene rings is 1. The largest absolute Gasteiger partial charge is 0.455 e. The second kappa shape index (κ2) is 19.1. The van der Waals surface area contributed by atoms with E-state index in [1.807, 2.05) is 35.2 Å². The molecule has 278 valence electrons. The number of aromatic nitrogens is 1. The lowest BCUT2D eigenvalue weighted by molar-refractivity contribution is -0.149. The topological polar surface area (TPSA) is 137 Å². The van der Waals surface area contributed by atoms with Crippen molar-refractivity contribution in [3.63, 3.8) is 0 Å². The van der Waals surface area contributed by atoms with Crippen LogP contribution in [-0.2, 0) is 25.5 Å². The van der Waals surface area contributed by atoms with E-state index in [0.717, 1.165) is 31.4 Å². The van der Waals surface area contributed by atoms with Gasteiger partial charge in [0.25, 0.3) is 5.91 Å². The second-order valence-electron chi connectivity index (χ2n) is 14.4. The van der Waals surface area contributed by atoms with E-state index in [4.69, 9.17) is 9.47 Å². The van der Waals surface area contributed by atoms with Gasteiger partial charge in [-0.15, -0.1) is 11.3 Å². The lowest BCUT2D eigenvalue weighted by Crippen LogP contribution is -2.56. The van der Waals surface area contributed by atoms with Crippen molar-refractivity contribution in [1.82, 2.24) is 25.4 Å². The summed E-state index contributed by atoms with van der Waals surface area (Å²) in [4.78, 5) is 49.2. The maximum atomic E-state index is 14.6. The lowest BCUT2D eigenvalue weighted by atomic mass is 9.92. The molecule has 12 heteroatoms. The fourth-order valence-corrected chi connectivity index (χ4v) is 7.89. The van der Waals surface area contributed by atoms with Gasteiger partial charge in [0.05, 0.1) is 18.7 Å². The number of epoxide rings is 1. The molecular weight excluding hydrogens is 655 g/mol. The maximum Gasteiger partial charge on any atom is 0.303 e. The number of esters is 1. The first-order valence-electron chi connectivity index (χ1n) is 18.5. The van der Waals surface area contributed by atoms with Gasteiger partial charge in [-0.05, 0) is 56.7 Å². The van der Waals surface area contributed by atoms with Gasteiger partial charge in [-0.25, -0.2) is 4.98 Å². The van der Waals surface area contributed by atoms with E-state index in [1.54, 1.807) is 5.38 Å². The molecule has 0 spiro atoms. The zero-order valence-electron chi connectivity index (χ0n) is 31.0. The summed E-state index contributed by atoms with van der Waals surface area (Å²) in [5.74, 6) is -0.709. The molecule has 2 amide bonds. The number of rotatable bonds is 19. The molecule has 11 nitrogen and oxygen atoms in total. The zero-order chi connectivity index (χ0) is 36.4. The number of aliphatic hydroxyl groups is 1. The molecule has 0 bridgehead atoms. The normalized spacial score (nSPS) is 22.3. The Morgan fingerprint density at radius 1 is 1.16 bits per heavy atom. The van der Waals surface area contributed by atoms with Crippen LogP contribution in [0.2, 0.25) is 0 Å². The molecule has 0 saturated carbocycles. The number of thiazole rings is 1. The molecule has 4 rings (SSSR count). The number of amides is 2. The molecule has 2 fully saturated rings. The van der Waals surface area contributed by atoms with Gasteiger partial charge in [0.2, 0.25) is 5.91 Å². The van der Waals surface area contributed by atoms with Gasteiger partial charge >= 0.3 is 5.97 Å². The molecule has 6 unspecified atom stereocenters. The number of likely N-dealkylation sites (tertiary alicyclic amines) is 1. The van der Waals surface area contributed by atoms with Crippen molar-refractivity contribution in [2.24, 2.45) is 11.8 Å². The van der Waals surface area contributed by atoms with Crippen molar-refractivity contribution >= 4 is 29.1 Å². The van der Waals surface area contributed by atoms with Crippen LogP contribution in [0.5, 0.6) is 0 Å². The molecule has 2 aliphatic heterocycles. The number of carbonyl (C=O) groups excluding carboxylic acids is 3. The van der Waals surface area contributed by atoms with Gasteiger partial charge in [-0.3, -0.25) is 19.7 Å². The van der Waals surface area contributed by atoms with E-state index >= 15 is 0 Å². The quantitative estimate of drug-likeness (QED) is 0.137. The Morgan fingerprint density at radius 2 is 1.90 bits per heavy atom. The smallest absolute Gasteiger partial charge is 0.303 e. The van der Waals surface area contributed by atoms with Crippen molar-refractivity contribution < 1.29 is 29.0 Å².